The molecule has 0 unspecified atom stereocenters. The van der Waals surface area contributed by atoms with Crippen LogP contribution in [0.4, 0.5) is 10.1 Å². The molecule has 0 aliphatic rings. The zero-order chi connectivity index (χ0) is 14.1. The van der Waals surface area contributed by atoms with Crippen molar-refractivity contribution in [1.29, 1.82) is 0 Å². The molecule has 0 saturated heterocycles. The summed E-state index contributed by atoms with van der Waals surface area (Å²) >= 11 is 1.60. The summed E-state index contributed by atoms with van der Waals surface area (Å²) in [5, 5.41) is 0. The molecule has 0 saturated carbocycles. The maximum atomic E-state index is 13.2. The molecule has 3 nitrogen and oxygen atoms in total. The number of thioether (sulfide) groups is 1. The molecule has 1 aromatic rings. The Kier molecular flexibility index (Phi) is 7.33. The van der Waals surface area contributed by atoms with Gasteiger partial charge in [-0.25, -0.2) is 4.39 Å². The molecule has 0 atom stereocenters. The van der Waals surface area contributed by atoms with Gasteiger partial charge < -0.3 is 10.5 Å². The molecule has 0 radical (unpaired) electrons. The lowest BCUT2D eigenvalue weighted by molar-refractivity contribution is -0.143. The first kappa shape index (κ1) is 15.8. The zero-order valence-electron chi connectivity index (χ0n) is 11.2. The van der Waals surface area contributed by atoms with Crippen LogP contribution in [-0.4, -0.2) is 18.3 Å². The second-order valence-electron chi connectivity index (χ2n) is 4.15. The number of nitrogens with two attached hydrogens (primary N) is 1. The van der Waals surface area contributed by atoms with Gasteiger partial charge in [-0.05, 0) is 43.7 Å². The maximum Gasteiger partial charge on any atom is 0.305 e. The van der Waals surface area contributed by atoms with E-state index in [9.17, 15) is 9.18 Å². The fourth-order valence-corrected chi connectivity index (χ4v) is 2.50. The Bertz CT molecular complexity index is 412. The Balaban J connectivity index is 2.10. The van der Waals surface area contributed by atoms with Crippen molar-refractivity contribution in [3.63, 3.8) is 0 Å². The van der Waals surface area contributed by atoms with Gasteiger partial charge in [0.2, 0.25) is 0 Å². The molecule has 0 aliphatic heterocycles. The van der Waals surface area contributed by atoms with E-state index in [1.807, 2.05) is 6.07 Å². The number of benzene rings is 1. The smallest absolute Gasteiger partial charge is 0.305 e. The molecular formula is C14H20FNO2S. The monoisotopic (exact) mass is 285 g/mol. The largest absolute Gasteiger partial charge is 0.466 e. The molecule has 0 fully saturated rings. The molecule has 0 spiro atoms. The number of halogens is 1. The number of ether oxygens (including phenoxy) is 1. The predicted molar refractivity (Wildman–Crippen MR) is 76.6 cm³/mol. The number of nitrogen functional groups attached to an aromatic ring is 1. The number of anilines is 1. The Hall–Kier alpha value is -1.23. The lowest BCUT2D eigenvalue weighted by Gasteiger charge is -2.04. The van der Waals surface area contributed by atoms with Gasteiger partial charge in [0.15, 0.2) is 0 Å². The van der Waals surface area contributed by atoms with Crippen LogP contribution in [-0.2, 0) is 9.53 Å². The lowest BCUT2D eigenvalue weighted by atomic mass is 10.2. The third kappa shape index (κ3) is 6.47. The van der Waals surface area contributed by atoms with Crippen molar-refractivity contribution < 1.29 is 13.9 Å². The number of esters is 1. The zero-order valence-corrected chi connectivity index (χ0v) is 12.0. The average molecular weight is 285 g/mol. The van der Waals surface area contributed by atoms with Crippen molar-refractivity contribution in [1.82, 2.24) is 0 Å². The molecule has 1 rings (SSSR count). The summed E-state index contributed by atoms with van der Waals surface area (Å²) in [6.45, 7) is 2.25. The van der Waals surface area contributed by atoms with Crippen LogP contribution in [0.5, 0.6) is 0 Å². The highest BCUT2D eigenvalue weighted by atomic mass is 32.2. The molecule has 0 aliphatic carbocycles. The molecule has 5 heteroatoms. The van der Waals surface area contributed by atoms with E-state index in [-0.39, 0.29) is 17.5 Å². The number of unbranched alkanes of at least 4 members (excludes halogenated alkanes) is 2. The van der Waals surface area contributed by atoms with E-state index in [1.165, 1.54) is 6.07 Å². The molecular weight excluding hydrogens is 265 g/mol. The molecule has 1 aromatic carbocycles. The number of rotatable bonds is 8. The van der Waals surface area contributed by atoms with Gasteiger partial charge in [-0.2, -0.15) is 0 Å². The Morgan fingerprint density at radius 3 is 2.84 bits per heavy atom. The molecule has 0 heterocycles. The topological polar surface area (TPSA) is 52.3 Å². The van der Waals surface area contributed by atoms with Crippen molar-refractivity contribution in [2.45, 2.75) is 37.5 Å². The van der Waals surface area contributed by atoms with E-state index >= 15 is 0 Å². The summed E-state index contributed by atoms with van der Waals surface area (Å²) in [6.07, 6.45) is 3.30. The summed E-state index contributed by atoms with van der Waals surface area (Å²) in [5.41, 5.74) is 5.59. The fourth-order valence-electron chi connectivity index (χ4n) is 1.57. The van der Waals surface area contributed by atoms with Gasteiger partial charge in [-0.3, -0.25) is 4.79 Å². The van der Waals surface area contributed by atoms with Crippen LogP contribution in [0.25, 0.3) is 0 Å². The highest BCUT2D eigenvalue weighted by Gasteiger charge is 2.02. The van der Waals surface area contributed by atoms with Crippen LogP contribution in [0.15, 0.2) is 23.1 Å². The maximum absolute atomic E-state index is 13.2. The van der Waals surface area contributed by atoms with Gasteiger partial charge >= 0.3 is 5.97 Å². The standard InChI is InChI=1S/C14H20FNO2S/c1-2-18-14(17)6-4-3-5-9-19-11-7-8-13(16)12(15)10-11/h7-8,10H,2-6,9,16H2,1H3. The SMILES string of the molecule is CCOC(=O)CCCCCSc1ccc(N)c(F)c1. The second kappa shape index (κ2) is 8.80. The number of hydrogen-bond acceptors (Lipinski definition) is 4. The van der Waals surface area contributed by atoms with Gasteiger partial charge in [0, 0.05) is 11.3 Å². The van der Waals surface area contributed by atoms with Crippen LogP contribution >= 0.6 is 11.8 Å². The average Bonchev–Trinajstić information content (AvgIpc) is 2.38. The van der Waals surface area contributed by atoms with Crippen molar-refractivity contribution in [3.05, 3.63) is 24.0 Å². The van der Waals surface area contributed by atoms with Crippen LogP contribution in [0, 0.1) is 5.82 Å². The quantitative estimate of drug-likeness (QED) is 0.343. The minimum Gasteiger partial charge on any atom is -0.466 e. The fraction of sp³-hybridized carbons (Fsp3) is 0.500. The van der Waals surface area contributed by atoms with Crippen LogP contribution < -0.4 is 5.73 Å². The predicted octanol–water partition coefficient (Wildman–Crippen LogP) is 3.62. The van der Waals surface area contributed by atoms with Gasteiger partial charge in [-0.15, -0.1) is 11.8 Å². The molecule has 2 N–H and O–H groups in total. The highest BCUT2D eigenvalue weighted by Crippen LogP contribution is 2.23. The van der Waals surface area contributed by atoms with Gasteiger partial charge in [-0.1, -0.05) is 6.42 Å². The first-order chi connectivity index (χ1) is 9.13. The van der Waals surface area contributed by atoms with Crippen molar-refractivity contribution in [2.75, 3.05) is 18.1 Å². The summed E-state index contributed by atoms with van der Waals surface area (Å²) < 4.78 is 18.0. The minimum atomic E-state index is -0.368. The highest BCUT2D eigenvalue weighted by molar-refractivity contribution is 7.99. The first-order valence-corrected chi connectivity index (χ1v) is 7.45. The molecule has 106 valence electrons. The lowest BCUT2D eigenvalue weighted by Crippen LogP contribution is -2.03. The van der Waals surface area contributed by atoms with Crippen LogP contribution in [0.1, 0.15) is 32.6 Å². The van der Waals surface area contributed by atoms with E-state index in [0.29, 0.717) is 13.0 Å². The third-order valence-corrected chi connectivity index (χ3v) is 3.65. The Morgan fingerprint density at radius 2 is 2.16 bits per heavy atom. The summed E-state index contributed by atoms with van der Waals surface area (Å²) in [5.74, 6) is 0.412. The molecule has 0 bridgehead atoms. The second-order valence-corrected chi connectivity index (χ2v) is 5.32. The van der Waals surface area contributed by atoms with Crippen molar-refractivity contribution in [3.8, 4) is 0 Å². The first-order valence-electron chi connectivity index (χ1n) is 6.47. The van der Waals surface area contributed by atoms with E-state index in [4.69, 9.17) is 10.5 Å². The summed E-state index contributed by atoms with van der Waals surface area (Å²) in [6, 6.07) is 4.86. The normalized spacial score (nSPS) is 10.4. The van der Waals surface area contributed by atoms with Gasteiger partial charge in [0.1, 0.15) is 5.82 Å². The number of carbonyl (C=O) groups is 1. The summed E-state index contributed by atoms with van der Waals surface area (Å²) in [4.78, 5) is 12.0. The molecule has 0 amide bonds. The molecule has 0 aromatic heterocycles. The van der Waals surface area contributed by atoms with Gasteiger partial charge in [0.25, 0.3) is 0 Å². The van der Waals surface area contributed by atoms with Crippen molar-refractivity contribution in [2.24, 2.45) is 0 Å². The third-order valence-electron chi connectivity index (χ3n) is 2.57. The van der Waals surface area contributed by atoms with E-state index in [1.54, 1.807) is 24.8 Å². The Morgan fingerprint density at radius 1 is 1.37 bits per heavy atom. The molecule has 19 heavy (non-hydrogen) atoms. The van der Waals surface area contributed by atoms with Crippen molar-refractivity contribution >= 4 is 23.4 Å². The van der Waals surface area contributed by atoms with E-state index in [2.05, 4.69) is 0 Å². The van der Waals surface area contributed by atoms with Crippen LogP contribution in [0.2, 0.25) is 0 Å². The van der Waals surface area contributed by atoms with Gasteiger partial charge in [0.05, 0.1) is 12.3 Å². The number of carbonyl (C=O) groups excluding carboxylic acids is 1. The number of hydrogen-bond donors (Lipinski definition) is 1. The van der Waals surface area contributed by atoms with Crippen LogP contribution in [0.3, 0.4) is 0 Å². The van der Waals surface area contributed by atoms with E-state index < -0.39 is 0 Å². The Labute approximate surface area is 117 Å². The minimum absolute atomic E-state index is 0.129. The van der Waals surface area contributed by atoms with E-state index in [0.717, 1.165) is 29.9 Å². The summed E-state index contributed by atoms with van der Waals surface area (Å²) in [7, 11) is 0.